The Bertz CT molecular complexity index is 1310. The summed E-state index contributed by atoms with van der Waals surface area (Å²) in [6.07, 6.45) is 3.04. The van der Waals surface area contributed by atoms with Gasteiger partial charge in [-0.2, -0.15) is 0 Å². The van der Waals surface area contributed by atoms with E-state index in [1.807, 2.05) is 48.5 Å². The van der Waals surface area contributed by atoms with Gasteiger partial charge in [-0.25, -0.2) is 14.4 Å². The Morgan fingerprint density at radius 1 is 1.00 bits per heavy atom. The van der Waals surface area contributed by atoms with E-state index in [1.165, 1.54) is 12.1 Å². The number of nitrogens with one attached hydrogen (secondary N) is 2. The minimum Gasteiger partial charge on any atom is -0.488 e. The second kappa shape index (κ2) is 9.08. The van der Waals surface area contributed by atoms with Crippen LogP contribution in [-0.2, 0) is 13.0 Å². The van der Waals surface area contributed by atoms with Crippen LogP contribution in [0.3, 0.4) is 0 Å². The first kappa shape index (κ1) is 20.6. The van der Waals surface area contributed by atoms with Crippen LogP contribution in [0.2, 0.25) is 0 Å². The number of halogens is 1. The first-order valence-corrected chi connectivity index (χ1v) is 10.6. The summed E-state index contributed by atoms with van der Waals surface area (Å²) in [6, 6.07) is 21.6. The van der Waals surface area contributed by atoms with Crippen LogP contribution >= 0.6 is 0 Å². The fourth-order valence-corrected chi connectivity index (χ4v) is 3.63. The molecule has 6 nitrogen and oxygen atoms in total. The van der Waals surface area contributed by atoms with Gasteiger partial charge in [0.15, 0.2) is 5.90 Å². The van der Waals surface area contributed by atoms with E-state index in [1.54, 1.807) is 18.3 Å². The molecule has 0 radical (unpaired) electrons. The quantitative estimate of drug-likeness (QED) is 0.390. The molecule has 33 heavy (non-hydrogen) atoms. The van der Waals surface area contributed by atoms with Crippen LogP contribution in [0.15, 0.2) is 79.0 Å². The third-order valence-corrected chi connectivity index (χ3v) is 5.29. The lowest BCUT2D eigenvalue weighted by atomic mass is 10.1. The Labute approximate surface area is 190 Å². The highest BCUT2D eigenvalue weighted by atomic mass is 19.1. The molecule has 0 fully saturated rings. The molecule has 0 spiro atoms. The molecule has 3 aromatic carbocycles. The summed E-state index contributed by atoms with van der Waals surface area (Å²) in [5.74, 6) is 1.34. The van der Waals surface area contributed by atoms with Gasteiger partial charge in [-0.1, -0.05) is 36.4 Å². The SMILES string of the molecule is N=C1CCc2ccc(Nc3nccc(-c4ccc(F)cc4OCc4ccccc4)n3)cc2O1. The summed E-state index contributed by atoms with van der Waals surface area (Å²) in [4.78, 5) is 8.91. The average molecular weight is 440 g/mol. The van der Waals surface area contributed by atoms with E-state index in [0.717, 1.165) is 23.2 Å². The Balaban J connectivity index is 1.39. The predicted octanol–water partition coefficient (Wildman–Crippen LogP) is 5.91. The zero-order valence-corrected chi connectivity index (χ0v) is 17.7. The fourth-order valence-electron chi connectivity index (χ4n) is 3.63. The van der Waals surface area contributed by atoms with Gasteiger partial charge in [-0.3, -0.25) is 5.41 Å². The Morgan fingerprint density at radius 3 is 2.76 bits per heavy atom. The highest BCUT2D eigenvalue weighted by Crippen LogP contribution is 2.32. The van der Waals surface area contributed by atoms with Crippen molar-refractivity contribution in [3.05, 3.63) is 95.9 Å². The molecule has 0 aliphatic carbocycles. The van der Waals surface area contributed by atoms with Gasteiger partial charge in [0.05, 0.1) is 5.69 Å². The van der Waals surface area contributed by atoms with Gasteiger partial charge in [0.1, 0.15) is 23.9 Å². The van der Waals surface area contributed by atoms with Crippen LogP contribution in [0.1, 0.15) is 17.5 Å². The van der Waals surface area contributed by atoms with Gasteiger partial charge in [-0.15, -0.1) is 0 Å². The number of aromatic nitrogens is 2. The van der Waals surface area contributed by atoms with E-state index in [4.69, 9.17) is 14.9 Å². The number of ether oxygens (including phenoxy) is 2. The number of nitrogens with zero attached hydrogens (tertiary/aromatic N) is 2. The van der Waals surface area contributed by atoms with Gasteiger partial charge in [-0.05, 0) is 41.8 Å². The zero-order valence-electron chi connectivity index (χ0n) is 17.7. The van der Waals surface area contributed by atoms with Crippen LogP contribution in [0.25, 0.3) is 11.3 Å². The van der Waals surface area contributed by atoms with Crippen LogP contribution in [0.5, 0.6) is 11.5 Å². The van der Waals surface area contributed by atoms with Gasteiger partial charge in [0, 0.05) is 36.0 Å². The van der Waals surface area contributed by atoms with Crippen LogP contribution in [0.4, 0.5) is 16.0 Å². The lowest BCUT2D eigenvalue weighted by Crippen LogP contribution is -2.15. The third kappa shape index (κ3) is 4.82. The van der Waals surface area contributed by atoms with Crippen molar-refractivity contribution < 1.29 is 13.9 Å². The van der Waals surface area contributed by atoms with E-state index in [0.29, 0.717) is 41.7 Å². The van der Waals surface area contributed by atoms with E-state index in [9.17, 15) is 4.39 Å². The summed E-state index contributed by atoms with van der Waals surface area (Å²) in [5, 5.41) is 10.9. The van der Waals surface area contributed by atoms with Crippen molar-refractivity contribution in [2.24, 2.45) is 0 Å². The van der Waals surface area contributed by atoms with E-state index in [-0.39, 0.29) is 11.7 Å². The molecular formula is C26H21FN4O2. The standard InChI is InChI=1S/C26H21FN4O2/c27-19-8-10-21(24(14-19)32-16-17-4-2-1-3-5-17)22-12-13-29-26(31-22)30-20-9-6-18-7-11-25(28)33-23(18)15-20/h1-6,8-10,12-15,28H,7,11,16H2,(H,29,30,31). The second-order valence-electron chi connectivity index (χ2n) is 7.65. The van der Waals surface area contributed by atoms with Gasteiger partial charge < -0.3 is 14.8 Å². The summed E-state index contributed by atoms with van der Waals surface area (Å²) in [6.45, 7) is 0.317. The topological polar surface area (TPSA) is 80.1 Å². The summed E-state index contributed by atoms with van der Waals surface area (Å²) >= 11 is 0. The van der Waals surface area contributed by atoms with Crippen molar-refractivity contribution >= 4 is 17.5 Å². The summed E-state index contributed by atoms with van der Waals surface area (Å²) in [5.41, 5.74) is 4.07. The number of hydrogen-bond donors (Lipinski definition) is 2. The van der Waals surface area contributed by atoms with E-state index in [2.05, 4.69) is 15.3 Å². The molecule has 164 valence electrons. The van der Waals surface area contributed by atoms with Crippen LogP contribution in [0, 0.1) is 11.2 Å². The maximum atomic E-state index is 14.0. The molecule has 5 rings (SSSR count). The molecule has 0 amide bonds. The number of aryl methyl sites for hydroxylation is 1. The van der Waals surface area contributed by atoms with Crippen molar-refractivity contribution in [2.45, 2.75) is 19.4 Å². The van der Waals surface area contributed by atoms with E-state index < -0.39 is 0 Å². The smallest absolute Gasteiger partial charge is 0.227 e. The van der Waals surface area contributed by atoms with Crippen molar-refractivity contribution in [1.29, 1.82) is 5.41 Å². The molecule has 7 heteroatoms. The van der Waals surface area contributed by atoms with Crippen molar-refractivity contribution in [3.8, 4) is 22.8 Å². The molecule has 2 heterocycles. The van der Waals surface area contributed by atoms with Gasteiger partial charge in [0.2, 0.25) is 5.95 Å². The molecule has 1 aliphatic heterocycles. The third-order valence-electron chi connectivity index (χ3n) is 5.29. The van der Waals surface area contributed by atoms with Crippen LogP contribution in [-0.4, -0.2) is 15.9 Å². The molecule has 4 aromatic rings. The number of fused-ring (bicyclic) bond motifs is 1. The number of hydrogen-bond acceptors (Lipinski definition) is 6. The summed E-state index contributed by atoms with van der Waals surface area (Å²) in [7, 11) is 0. The predicted molar refractivity (Wildman–Crippen MR) is 125 cm³/mol. The molecule has 0 saturated carbocycles. The maximum Gasteiger partial charge on any atom is 0.227 e. The average Bonchev–Trinajstić information content (AvgIpc) is 2.83. The molecule has 2 N–H and O–H groups in total. The number of rotatable bonds is 6. The monoisotopic (exact) mass is 440 g/mol. The van der Waals surface area contributed by atoms with Crippen molar-refractivity contribution in [1.82, 2.24) is 9.97 Å². The molecule has 0 saturated heterocycles. The molecule has 0 bridgehead atoms. The molecular weight excluding hydrogens is 419 g/mol. The van der Waals surface area contributed by atoms with Gasteiger partial charge in [0.25, 0.3) is 0 Å². The minimum atomic E-state index is -0.381. The Kier molecular flexibility index (Phi) is 5.68. The first-order valence-electron chi connectivity index (χ1n) is 10.6. The molecule has 0 unspecified atom stereocenters. The molecule has 1 aromatic heterocycles. The fraction of sp³-hybridized carbons (Fsp3) is 0.115. The number of anilines is 2. The maximum absolute atomic E-state index is 14.0. The lowest BCUT2D eigenvalue weighted by Gasteiger charge is -2.18. The van der Waals surface area contributed by atoms with Gasteiger partial charge >= 0.3 is 0 Å². The second-order valence-corrected chi connectivity index (χ2v) is 7.65. The number of benzene rings is 3. The van der Waals surface area contributed by atoms with E-state index >= 15 is 0 Å². The summed E-state index contributed by atoms with van der Waals surface area (Å²) < 4.78 is 25.4. The normalized spacial score (nSPS) is 12.6. The molecule has 0 atom stereocenters. The van der Waals surface area contributed by atoms with Crippen molar-refractivity contribution in [3.63, 3.8) is 0 Å². The Hall–Kier alpha value is -4.26. The molecule has 1 aliphatic rings. The lowest BCUT2D eigenvalue weighted by molar-refractivity contribution is 0.306. The zero-order chi connectivity index (χ0) is 22.6. The Morgan fingerprint density at radius 2 is 1.88 bits per heavy atom. The first-order chi connectivity index (χ1) is 16.1. The van der Waals surface area contributed by atoms with Crippen LogP contribution < -0.4 is 14.8 Å². The largest absolute Gasteiger partial charge is 0.488 e. The highest BCUT2D eigenvalue weighted by Gasteiger charge is 2.16. The van der Waals surface area contributed by atoms with Crippen molar-refractivity contribution in [2.75, 3.05) is 5.32 Å². The minimum absolute atomic E-state index is 0.261. The highest BCUT2D eigenvalue weighted by molar-refractivity contribution is 5.79.